The van der Waals surface area contributed by atoms with Gasteiger partial charge in [0.25, 0.3) is 0 Å². The first-order chi connectivity index (χ1) is 6.52. The summed E-state index contributed by atoms with van der Waals surface area (Å²) in [4.78, 5) is 11.1. The maximum Gasteiger partial charge on any atom is 0.323 e. The number of esters is 1. The third-order valence-corrected chi connectivity index (χ3v) is 1.73. The molecule has 0 N–H and O–H groups in total. The van der Waals surface area contributed by atoms with Crippen LogP contribution in [0.4, 0.5) is 4.39 Å². The molecule has 14 heavy (non-hydrogen) atoms. The molecule has 0 aromatic rings. The van der Waals surface area contributed by atoms with E-state index < -0.39 is 17.7 Å². The fourth-order valence-electron chi connectivity index (χ4n) is 0.690. The molecule has 0 spiro atoms. The van der Waals surface area contributed by atoms with Gasteiger partial charge in [0.1, 0.15) is 18.4 Å². The molecule has 0 radical (unpaired) electrons. The summed E-state index contributed by atoms with van der Waals surface area (Å²) in [5.41, 5.74) is 0.475. The lowest BCUT2D eigenvalue weighted by Crippen LogP contribution is -2.16. The van der Waals surface area contributed by atoms with Crippen molar-refractivity contribution in [3.8, 4) is 6.07 Å². The highest BCUT2D eigenvalue weighted by atomic mass is 19.1. The molecule has 4 heteroatoms. The Morgan fingerprint density at radius 3 is 2.50 bits per heavy atom. The molecule has 0 saturated heterocycles. The van der Waals surface area contributed by atoms with Crippen LogP contribution in [0.1, 0.15) is 27.2 Å². The second-order valence-corrected chi connectivity index (χ2v) is 3.10. The van der Waals surface area contributed by atoms with Gasteiger partial charge in [-0.3, -0.25) is 4.79 Å². The zero-order valence-electron chi connectivity index (χ0n) is 8.63. The van der Waals surface area contributed by atoms with Gasteiger partial charge in [0.2, 0.25) is 0 Å². The largest absolute Gasteiger partial charge is 0.457 e. The van der Waals surface area contributed by atoms with Crippen molar-refractivity contribution in [1.82, 2.24) is 0 Å². The highest BCUT2D eigenvalue weighted by molar-refractivity contribution is 5.75. The number of nitrogens with zero attached hydrogens (tertiary/aromatic N) is 1. The van der Waals surface area contributed by atoms with E-state index >= 15 is 0 Å². The highest BCUT2D eigenvalue weighted by Gasteiger charge is 2.17. The zero-order valence-corrected chi connectivity index (χ0v) is 8.63. The van der Waals surface area contributed by atoms with E-state index in [2.05, 4.69) is 4.74 Å². The monoisotopic (exact) mass is 199 g/mol. The van der Waals surface area contributed by atoms with Crippen LogP contribution in [0.3, 0.4) is 0 Å². The molecule has 0 aliphatic carbocycles. The van der Waals surface area contributed by atoms with Crippen molar-refractivity contribution in [2.24, 2.45) is 5.92 Å². The number of nitriles is 1. The van der Waals surface area contributed by atoms with Gasteiger partial charge < -0.3 is 4.74 Å². The summed E-state index contributed by atoms with van der Waals surface area (Å²) in [6.45, 7) is 4.50. The van der Waals surface area contributed by atoms with Gasteiger partial charge in [-0.15, -0.1) is 0 Å². The Kier molecular flexibility index (Phi) is 5.54. The normalized spacial score (nSPS) is 11.4. The topological polar surface area (TPSA) is 50.1 Å². The van der Waals surface area contributed by atoms with Gasteiger partial charge in [-0.05, 0) is 25.8 Å². The van der Waals surface area contributed by atoms with Gasteiger partial charge >= 0.3 is 5.97 Å². The molecule has 0 bridgehead atoms. The van der Waals surface area contributed by atoms with Crippen LogP contribution in [-0.4, -0.2) is 12.6 Å². The Morgan fingerprint density at radius 1 is 1.57 bits per heavy atom. The molecular formula is C10H14FNO2. The van der Waals surface area contributed by atoms with Gasteiger partial charge in [-0.25, -0.2) is 4.39 Å². The Morgan fingerprint density at radius 2 is 2.14 bits per heavy atom. The summed E-state index contributed by atoms with van der Waals surface area (Å²) in [7, 11) is 0. The van der Waals surface area contributed by atoms with Crippen LogP contribution in [0.15, 0.2) is 11.4 Å². The second kappa shape index (κ2) is 6.14. The molecule has 0 aliphatic heterocycles. The van der Waals surface area contributed by atoms with Crippen LogP contribution in [0, 0.1) is 17.2 Å². The standard InChI is InChI=1S/C10H14FNO2/c1-4-8(5-12)10(13)14-6-9(11)7(2)3/h8H,4,6H2,1-3H3. The first-order valence-corrected chi connectivity index (χ1v) is 4.41. The first kappa shape index (κ1) is 12.6. The van der Waals surface area contributed by atoms with Gasteiger partial charge in [-0.2, -0.15) is 5.26 Å². The summed E-state index contributed by atoms with van der Waals surface area (Å²) < 4.78 is 17.5. The number of hydrogen-bond donors (Lipinski definition) is 0. The number of rotatable bonds is 4. The number of allylic oxidation sites excluding steroid dienone is 1. The van der Waals surface area contributed by atoms with Crippen molar-refractivity contribution in [2.75, 3.05) is 6.61 Å². The van der Waals surface area contributed by atoms with Crippen molar-refractivity contribution >= 4 is 5.97 Å². The summed E-state index contributed by atoms with van der Waals surface area (Å²) in [6, 6.07) is 1.79. The molecule has 0 amide bonds. The lowest BCUT2D eigenvalue weighted by molar-refractivity contribution is -0.146. The van der Waals surface area contributed by atoms with Crippen molar-refractivity contribution in [2.45, 2.75) is 27.2 Å². The van der Waals surface area contributed by atoms with Crippen molar-refractivity contribution in [3.63, 3.8) is 0 Å². The van der Waals surface area contributed by atoms with Crippen LogP contribution >= 0.6 is 0 Å². The van der Waals surface area contributed by atoms with Crippen LogP contribution < -0.4 is 0 Å². The average molecular weight is 199 g/mol. The lowest BCUT2D eigenvalue weighted by atomic mass is 10.1. The highest BCUT2D eigenvalue weighted by Crippen LogP contribution is 2.08. The minimum atomic E-state index is -0.792. The number of carbonyl (C=O) groups is 1. The molecule has 0 heterocycles. The third kappa shape index (κ3) is 4.04. The van der Waals surface area contributed by atoms with E-state index in [1.165, 1.54) is 0 Å². The van der Waals surface area contributed by atoms with Crippen molar-refractivity contribution in [3.05, 3.63) is 11.4 Å². The van der Waals surface area contributed by atoms with Crippen LogP contribution in [0.5, 0.6) is 0 Å². The van der Waals surface area contributed by atoms with Gasteiger partial charge in [0.05, 0.1) is 6.07 Å². The minimum absolute atomic E-state index is 0.376. The predicted octanol–water partition coefficient (Wildman–Crippen LogP) is 2.34. The SMILES string of the molecule is CCC(C#N)C(=O)OCC(F)=C(C)C. The van der Waals surface area contributed by atoms with Crippen LogP contribution in [-0.2, 0) is 9.53 Å². The number of hydrogen-bond acceptors (Lipinski definition) is 3. The quantitative estimate of drug-likeness (QED) is 0.653. The molecule has 1 atom stereocenters. The lowest BCUT2D eigenvalue weighted by Gasteiger charge is -2.06. The fraction of sp³-hybridized carbons (Fsp3) is 0.600. The molecule has 0 saturated carbocycles. The molecule has 0 aliphatic rings. The smallest absolute Gasteiger partial charge is 0.323 e. The molecule has 1 unspecified atom stereocenters. The third-order valence-electron chi connectivity index (χ3n) is 1.73. The van der Waals surface area contributed by atoms with Crippen molar-refractivity contribution in [1.29, 1.82) is 5.26 Å². The maximum absolute atomic E-state index is 12.9. The van der Waals surface area contributed by atoms with Gasteiger partial charge in [-0.1, -0.05) is 6.92 Å². The van der Waals surface area contributed by atoms with E-state index in [1.807, 2.05) is 0 Å². The molecule has 3 nitrogen and oxygen atoms in total. The van der Waals surface area contributed by atoms with Crippen LogP contribution in [0.2, 0.25) is 0 Å². The van der Waals surface area contributed by atoms with Gasteiger partial charge in [0, 0.05) is 0 Å². The van der Waals surface area contributed by atoms with E-state index in [-0.39, 0.29) is 6.61 Å². The predicted molar refractivity (Wildman–Crippen MR) is 49.8 cm³/mol. The number of halogens is 1. The van der Waals surface area contributed by atoms with E-state index in [9.17, 15) is 9.18 Å². The van der Waals surface area contributed by atoms with Gasteiger partial charge in [0.15, 0.2) is 0 Å². The zero-order chi connectivity index (χ0) is 11.1. The minimum Gasteiger partial charge on any atom is -0.457 e. The van der Waals surface area contributed by atoms with E-state index in [4.69, 9.17) is 5.26 Å². The Hall–Kier alpha value is -1.37. The Bertz CT molecular complexity index is 274. The summed E-state index contributed by atoms with van der Waals surface area (Å²) in [5, 5.41) is 8.51. The summed E-state index contributed by atoms with van der Waals surface area (Å²) in [6.07, 6.45) is 0.381. The Labute approximate surface area is 83.2 Å². The summed E-state index contributed by atoms with van der Waals surface area (Å²) in [5.74, 6) is -1.92. The molecule has 0 rings (SSSR count). The van der Waals surface area contributed by atoms with E-state index in [0.717, 1.165) is 0 Å². The molecular weight excluding hydrogens is 185 g/mol. The first-order valence-electron chi connectivity index (χ1n) is 4.41. The van der Waals surface area contributed by atoms with E-state index in [0.29, 0.717) is 12.0 Å². The Balaban J connectivity index is 4.11. The molecule has 0 fully saturated rings. The number of ether oxygens (including phenoxy) is 1. The average Bonchev–Trinajstić information content (AvgIpc) is 2.15. The number of carbonyl (C=O) groups excluding carboxylic acids is 1. The molecule has 78 valence electrons. The summed E-state index contributed by atoms with van der Waals surface area (Å²) >= 11 is 0. The molecule has 0 aromatic carbocycles. The van der Waals surface area contributed by atoms with Crippen LogP contribution in [0.25, 0.3) is 0 Å². The fourth-order valence-corrected chi connectivity index (χ4v) is 0.690. The second-order valence-electron chi connectivity index (χ2n) is 3.10. The maximum atomic E-state index is 12.9. The van der Waals surface area contributed by atoms with Crippen molar-refractivity contribution < 1.29 is 13.9 Å². The van der Waals surface area contributed by atoms with E-state index in [1.54, 1.807) is 26.8 Å². The molecule has 0 aromatic heterocycles.